The highest BCUT2D eigenvalue weighted by molar-refractivity contribution is 6.34. The summed E-state index contributed by atoms with van der Waals surface area (Å²) in [5.41, 5.74) is 0.554. The van der Waals surface area contributed by atoms with Gasteiger partial charge in [0, 0.05) is 5.41 Å². The van der Waals surface area contributed by atoms with Crippen molar-refractivity contribution in [1.29, 1.82) is 0 Å². The van der Waals surface area contributed by atoms with E-state index in [0.29, 0.717) is 5.02 Å². The van der Waals surface area contributed by atoms with Gasteiger partial charge in [-0.25, -0.2) is 4.79 Å². The van der Waals surface area contributed by atoms with E-state index < -0.39 is 6.09 Å². The number of nitrogens with one attached hydrogen (secondary N) is 2. The number of amides is 1. The molecule has 1 rings (SSSR count). The molecule has 17 heavy (non-hydrogen) atoms. The molecule has 0 aliphatic rings. The van der Waals surface area contributed by atoms with Crippen molar-refractivity contribution >= 4 is 23.5 Å². The lowest BCUT2D eigenvalue weighted by Gasteiger charge is -2.16. The number of rotatable bonds is 2. The quantitative estimate of drug-likeness (QED) is 0.798. The van der Waals surface area contributed by atoms with Gasteiger partial charge < -0.3 is 4.74 Å². The van der Waals surface area contributed by atoms with Gasteiger partial charge in [0.2, 0.25) is 0 Å². The molecule has 0 aromatic carbocycles. The third kappa shape index (κ3) is 3.40. The van der Waals surface area contributed by atoms with Crippen LogP contribution in [-0.2, 0) is 10.2 Å². The smallest absolute Gasteiger partial charge is 0.413 e. The fraction of sp³-hybridized carbons (Fsp3) is 0.455. The van der Waals surface area contributed by atoms with Gasteiger partial charge in [0.15, 0.2) is 12.4 Å². The Kier molecular flexibility index (Phi) is 4.02. The summed E-state index contributed by atoms with van der Waals surface area (Å²) in [6.07, 6.45) is 4.27. The Hall–Kier alpha value is -1.67. The Balaban J connectivity index is 2.78. The van der Waals surface area contributed by atoms with Gasteiger partial charge in [-0.15, -0.1) is 6.42 Å². The van der Waals surface area contributed by atoms with Crippen molar-refractivity contribution in [3.8, 4) is 12.3 Å². The molecule has 0 fully saturated rings. The van der Waals surface area contributed by atoms with Crippen LogP contribution in [0.5, 0.6) is 0 Å². The maximum Gasteiger partial charge on any atom is 0.413 e. The van der Waals surface area contributed by atoms with Gasteiger partial charge in [-0.3, -0.25) is 10.4 Å². The van der Waals surface area contributed by atoms with E-state index in [2.05, 4.69) is 26.2 Å². The van der Waals surface area contributed by atoms with Gasteiger partial charge in [-0.05, 0) is 0 Å². The van der Waals surface area contributed by atoms with Crippen molar-refractivity contribution in [2.45, 2.75) is 26.2 Å². The second-order valence-electron chi connectivity index (χ2n) is 4.42. The van der Waals surface area contributed by atoms with Crippen LogP contribution in [0.25, 0.3) is 0 Å². The average Bonchev–Trinajstić information content (AvgIpc) is 2.57. The summed E-state index contributed by atoms with van der Waals surface area (Å²) >= 11 is 6.08. The second kappa shape index (κ2) is 5.11. The van der Waals surface area contributed by atoms with Gasteiger partial charge in [0.25, 0.3) is 0 Å². The molecule has 0 saturated heterocycles. The Labute approximate surface area is 105 Å². The number of aromatic nitrogens is 2. The molecule has 6 heteroatoms. The summed E-state index contributed by atoms with van der Waals surface area (Å²) in [5, 5.41) is 9.47. The highest BCUT2D eigenvalue weighted by Gasteiger charge is 2.23. The average molecular weight is 256 g/mol. The summed E-state index contributed by atoms with van der Waals surface area (Å²) < 4.78 is 4.65. The van der Waals surface area contributed by atoms with Gasteiger partial charge in [-0.2, -0.15) is 5.10 Å². The molecule has 0 atom stereocenters. The van der Waals surface area contributed by atoms with Crippen LogP contribution in [0.15, 0.2) is 0 Å². The lowest BCUT2D eigenvalue weighted by molar-refractivity contribution is 0.176. The maximum atomic E-state index is 11.2. The van der Waals surface area contributed by atoms with Gasteiger partial charge >= 0.3 is 6.09 Å². The number of halogens is 1. The summed E-state index contributed by atoms with van der Waals surface area (Å²) in [6.45, 7) is 5.84. The van der Waals surface area contributed by atoms with Crippen LogP contribution < -0.4 is 5.32 Å². The molecule has 0 unspecified atom stereocenters. The highest BCUT2D eigenvalue weighted by atomic mass is 35.5. The van der Waals surface area contributed by atoms with E-state index in [0.717, 1.165) is 5.69 Å². The van der Waals surface area contributed by atoms with Crippen LogP contribution in [-0.4, -0.2) is 22.9 Å². The van der Waals surface area contributed by atoms with E-state index in [1.165, 1.54) is 0 Å². The van der Waals surface area contributed by atoms with E-state index in [1.807, 2.05) is 20.8 Å². The lowest BCUT2D eigenvalue weighted by Crippen LogP contribution is -2.15. The predicted molar refractivity (Wildman–Crippen MR) is 66.1 cm³/mol. The van der Waals surface area contributed by atoms with Crippen molar-refractivity contribution in [3.63, 3.8) is 0 Å². The summed E-state index contributed by atoms with van der Waals surface area (Å²) in [6, 6.07) is 0. The minimum Gasteiger partial charge on any atom is -0.436 e. The molecule has 0 saturated carbocycles. The Bertz CT molecular complexity index is 454. The second-order valence-corrected chi connectivity index (χ2v) is 4.79. The number of aromatic amines is 1. The summed E-state index contributed by atoms with van der Waals surface area (Å²) in [7, 11) is 0. The molecule has 0 spiro atoms. The topological polar surface area (TPSA) is 67.0 Å². The number of terminal acetylenes is 1. The van der Waals surface area contributed by atoms with Gasteiger partial charge in [-0.1, -0.05) is 38.3 Å². The SMILES string of the molecule is C#CCOC(=O)Nc1n[nH]c(C(C)(C)C)c1Cl. The molecule has 1 amide bonds. The van der Waals surface area contributed by atoms with E-state index in [1.54, 1.807) is 0 Å². The van der Waals surface area contributed by atoms with E-state index in [9.17, 15) is 4.79 Å². The van der Waals surface area contributed by atoms with E-state index >= 15 is 0 Å². The van der Waals surface area contributed by atoms with Crippen molar-refractivity contribution < 1.29 is 9.53 Å². The Morgan fingerprint density at radius 1 is 1.65 bits per heavy atom. The number of anilines is 1. The summed E-state index contributed by atoms with van der Waals surface area (Å²) in [5.74, 6) is 2.42. The molecule has 5 nitrogen and oxygen atoms in total. The molecule has 0 bridgehead atoms. The third-order valence-electron chi connectivity index (χ3n) is 1.96. The number of nitrogens with zero attached hydrogens (tertiary/aromatic N) is 1. The minimum absolute atomic E-state index is 0.0972. The standard InChI is InChI=1S/C11H14ClN3O2/c1-5-6-17-10(16)13-9-7(12)8(14-15-9)11(2,3)4/h1H,6H2,2-4H3,(H2,13,14,15,16). The van der Waals surface area contributed by atoms with E-state index in [-0.39, 0.29) is 17.8 Å². The molecule has 1 heterocycles. The summed E-state index contributed by atoms with van der Waals surface area (Å²) in [4.78, 5) is 11.2. The van der Waals surface area contributed by atoms with Crippen molar-refractivity contribution in [1.82, 2.24) is 10.2 Å². The first-order chi connectivity index (χ1) is 7.86. The molecule has 1 aromatic heterocycles. The first-order valence-corrected chi connectivity index (χ1v) is 5.35. The van der Waals surface area contributed by atoms with Crippen LogP contribution in [0.2, 0.25) is 5.02 Å². The minimum atomic E-state index is -0.684. The first-order valence-electron chi connectivity index (χ1n) is 4.98. The Morgan fingerprint density at radius 3 is 2.76 bits per heavy atom. The first kappa shape index (κ1) is 13.4. The van der Waals surface area contributed by atoms with Crippen LogP contribution in [0.3, 0.4) is 0 Å². The zero-order valence-electron chi connectivity index (χ0n) is 9.93. The number of hydrogen-bond donors (Lipinski definition) is 2. The molecule has 2 N–H and O–H groups in total. The zero-order chi connectivity index (χ0) is 13.1. The molecular weight excluding hydrogens is 242 g/mol. The van der Waals surface area contributed by atoms with E-state index in [4.69, 9.17) is 18.0 Å². The maximum absolute atomic E-state index is 11.2. The zero-order valence-corrected chi connectivity index (χ0v) is 10.7. The fourth-order valence-electron chi connectivity index (χ4n) is 1.15. The highest BCUT2D eigenvalue weighted by Crippen LogP contribution is 2.32. The van der Waals surface area contributed by atoms with Crippen molar-refractivity contribution in [2.24, 2.45) is 0 Å². The fourth-order valence-corrected chi connectivity index (χ4v) is 1.56. The number of ether oxygens (including phenoxy) is 1. The molecule has 0 aliphatic heterocycles. The number of H-pyrrole nitrogens is 1. The number of carbonyl (C=O) groups is 1. The van der Waals surface area contributed by atoms with Crippen LogP contribution >= 0.6 is 11.6 Å². The van der Waals surface area contributed by atoms with Gasteiger partial charge in [0.1, 0.15) is 5.02 Å². The van der Waals surface area contributed by atoms with Gasteiger partial charge in [0.05, 0.1) is 5.69 Å². The van der Waals surface area contributed by atoms with Crippen molar-refractivity contribution in [2.75, 3.05) is 11.9 Å². The molecule has 0 radical (unpaired) electrons. The van der Waals surface area contributed by atoms with Crippen LogP contribution in [0, 0.1) is 12.3 Å². The molecule has 0 aliphatic carbocycles. The monoisotopic (exact) mass is 255 g/mol. The van der Waals surface area contributed by atoms with Crippen LogP contribution in [0.4, 0.5) is 10.6 Å². The normalized spacial score (nSPS) is 10.8. The van der Waals surface area contributed by atoms with Crippen molar-refractivity contribution in [3.05, 3.63) is 10.7 Å². The van der Waals surface area contributed by atoms with Crippen LogP contribution in [0.1, 0.15) is 26.5 Å². The molecule has 92 valence electrons. The largest absolute Gasteiger partial charge is 0.436 e. The Morgan fingerprint density at radius 2 is 2.29 bits per heavy atom. The third-order valence-corrected chi connectivity index (χ3v) is 2.33. The number of carbonyl (C=O) groups excluding carboxylic acids is 1. The predicted octanol–water partition coefficient (Wildman–Crippen LogP) is 2.54. The molecule has 1 aromatic rings. The molecular formula is C11H14ClN3O2. The lowest BCUT2D eigenvalue weighted by atomic mass is 9.92. The number of hydrogen-bond acceptors (Lipinski definition) is 3.